The average molecular weight is 297 g/mol. The topological polar surface area (TPSA) is 51.8 Å². The summed E-state index contributed by atoms with van der Waals surface area (Å²) in [6, 6.07) is 8.29. The predicted octanol–water partition coefficient (Wildman–Crippen LogP) is 3.36. The molecular weight excluding hydrogens is 282 g/mol. The SMILES string of the molecule is CSc1nnc(SCC(N)c2ccccc2C)s1. The first kappa shape index (κ1) is 13.9. The van der Waals surface area contributed by atoms with E-state index >= 15 is 0 Å². The molecular formula is C12H15N3S3. The Hall–Kier alpha value is -0.560. The maximum Gasteiger partial charge on any atom is 0.175 e. The lowest BCUT2D eigenvalue weighted by Gasteiger charge is -2.13. The minimum atomic E-state index is 0.0397. The number of hydrogen-bond donors (Lipinski definition) is 1. The summed E-state index contributed by atoms with van der Waals surface area (Å²) >= 11 is 4.92. The maximum atomic E-state index is 6.21. The van der Waals surface area contributed by atoms with E-state index in [0.717, 1.165) is 14.4 Å². The van der Waals surface area contributed by atoms with Gasteiger partial charge in [0.2, 0.25) is 0 Å². The van der Waals surface area contributed by atoms with Gasteiger partial charge in [-0.3, -0.25) is 0 Å². The van der Waals surface area contributed by atoms with E-state index in [9.17, 15) is 0 Å². The van der Waals surface area contributed by atoms with Gasteiger partial charge in [-0.2, -0.15) is 0 Å². The highest BCUT2D eigenvalue weighted by Crippen LogP contribution is 2.30. The third kappa shape index (κ3) is 3.47. The molecule has 0 aliphatic rings. The lowest BCUT2D eigenvalue weighted by molar-refractivity contribution is 0.821. The molecule has 1 aromatic carbocycles. The van der Waals surface area contributed by atoms with Gasteiger partial charge in [0.15, 0.2) is 8.68 Å². The quantitative estimate of drug-likeness (QED) is 0.858. The molecule has 1 atom stereocenters. The van der Waals surface area contributed by atoms with Gasteiger partial charge in [0.1, 0.15) is 0 Å². The minimum absolute atomic E-state index is 0.0397. The third-order valence-corrected chi connectivity index (χ3v) is 5.69. The maximum absolute atomic E-state index is 6.21. The summed E-state index contributed by atoms with van der Waals surface area (Å²) in [6.45, 7) is 2.09. The highest BCUT2D eigenvalue weighted by Gasteiger charge is 2.11. The Morgan fingerprint density at radius 3 is 2.67 bits per heavy atom. The first-order valence-electron chi connectivity index (χ1n) is 5.52. The molecule has 0 aliphatic heterocycles. The van der Waals surface area contributed by atoms with Crippen LogP contribution in [0, 0.1) is 6.92 Å². The smallest absolute Gasteiger partial charge is 0.175 e. The Bertz CT molecular complexity index is 513. The summed E-state index contributed by atoms with van der Waals surface area (Å²) in [5.74, 6) is 0.827. The van der Waals surface area contributed by atoms with Crippen molar-refractivity contribution in [2.45, 2.75) is 21.6 Å². The van der Waals surface area contributed by atoms with Crippen molar-refractivity contribution < 1.29 is 0 Å². The number of aromatic nitrogens is 2. The Kier molecular flexibility index (Phi) is 5.05. The zero-order chi connectivity index (χ0) is 13.0. The first-order chi connectivity index (χ1) is 8.70. The monoisotopic (exact) mass is 297 g/mol. The van der Waals surface area contributed by atoms with Crippen LogP contribution in [-0.4, -0.2) is 22.2 Å². The Morgan fingerprint density at radius 1 is 1.28 bits per heavy atom. The zero-order valence-electron chi connectivity index (χ0n) is 10.3. The molecule has 1 unspecified atom stereocenters. The standard InChI is InChI=1S/C12H15N3S3/c1-8-5-3-4-6-9(8)10(13)7-17-12-15-14-11(16-2)18-12/h3-6,10H,7,13H2,1-2H3. The van der Waals surface area contributed by atoms with Gasteiger partial charge in [-0.15, -0.1) is 10.2 Å². The van der Waals surface area contributed by atoms with Crippen molar-refractivity contribution in [2.24, 2.45) is 5.73 Å². The van der Waals surface area contributed by atoms with E-state index in [1.54, 1.807) is 34.9 Å². The summed E-state index contributed by atoms with van der Waals surface area (Å²) in [6.07, 6.45) is 2.01. The molecule has 2 aromatic rings. The number of benzene rings is 1. The molecule has 0 amide bonds. The molecule has 0 bridgehead atoms. The highest BCUT2D eigenvalue weighted by atomic mass is 32.2. The van der Waals surface area contributed by atoms with E-state index in [4.69, 9.17) is 5.73 Å². The molecule has 3 nitrogen and oxygen atoms in total. The van der Waals surface area contributed by atoms with Crippen LogP contribution in [0.1, 0.15) is 17.2 Å². The lowest BCUT2D eigenvalue weighted by atomic mass is 10.0. The molecule has 1 heterocycles. The number of rotatable bonds is 5. The summed E-state index contributed by atoms with van der Waals surface area (Å²) in [7, 11) is 0. The van der Waals surface area contributed by atoms with Gasteiger partial charge < -0.3 is 5.73 Å². The molecule has 0 saturated carbocycles. The summed E-state index contributed by atoms with van der Waals surface area (Å²) in [5, 5.41) is 8.20. The van der Waals surface area contributed by atoms with Crippen molar-refractivity contribution in [3.63, 3.8) is 0 Å². The van der Waals surface area contributed by atoms with E-state index in [1.165, 1.54) is 11.1 Å². The van der Waals surface area contributed by atoms with Crippen molar-refractivity contribution >= 4 is 34.9 Å². The van der Waals surface area contributed by atoms with Gasteiger partial charge >= 0.3 is 0 Å². The van der Waals surface area contributed by atoms with Crippen molar-refractivity contribution in [1.82, 2.24) is 10.2 Å². The van der Waals surface area contributed by atoms with E-state index in [-0.39, 0.29) is 6.04 Å². The molecule has 18 heavy (non-hydrogen) atoms. The van der Waals surface area contributed by atoms with E-state index in [2.05, 4.69) is 29.3 Å². The van der Waals surface area contributed by atoms with Gasteiger partial charge in [0.05, 0.1) is 0 Å². The fourth-order valence-electron chi connectivity index (χ4n) is 1.59. The summed E-state index contributed by atoms with van der Waals surface area (Å²) in [4.78, 5) is 0. The first-order valence-corrected chi connectivity index (χ1v) is 8.55. The van der Waals surface area contributed by atoms with E-state index in [1.807, 2.05) is 18.4 Å². The van der Waals surface area contributed by atoms with E-state index < -0.39 is 0 Å². The molecule has 0 spiro atoms. The van der Waals surface area contributed by atoms with Crippen LogP contribution < -0.4 is 5.73 Å². The number of hydrogen-bond acceptors (Lipinski definition) is 6. The number of aryl methyl sites for hydroxylation is 1. The normalized spacial score (nSPS) is 12.6. The van der Waals surface area contributed by atoms with Gasteiger partial charge in [-0.1, -0.05) is 59.1 Å². The van der Waals surface area contributed by atoms with Crippen LogP contribution in [0.15, 0.2) is 32.9 Å². The molecule has 0 saturated heterocycles. The third-order valence-electron chi connectivity index (χ3n) is 2.54. The highest BCUT2D eigenvalue weighted by molar-refractivity contribution is 8.02. The van der Waals surface area contributed by atoms with Crippen LogP contribution in [0.4, 0.5) is 0 Å². The minimum Gasteiger partial charge on any atom is -0.323 e. The van der Waals surface area contributed by atoms with Gasteiger partial charge in [0.25, 0.3) is 0 Å². The molecule has 0 aliphatic carbocycles. The number of thioether (sulfide) groups is 2. The van der Waals surface area contributed by atoms with Crippen LogP contribution in [0.3, 0.4) is 0 Å². The van der Waals surface area contributed by atoms with Gasteiger partial charge in [0, 0.05) is 11.8 Å². The second-order valence-corrected chi connectivity index (χ2v) is 7.11. The van der Waals surface area contributed by atoms with Crippen molar-refractivity contribution in [3.8, 4) is 0 Å². The van der Waals surface area contributed by atoms with Crippen LogP contribution in [0.5, 0.6) is 0 Å². The summed E-state index contributed by atoms with van der Waals surface area (Å²) < 4.78 is 1.99. The molecule has 2 rings (SSSR count). The van der Waals surface area contributed by atoms with Crippen LogP contribution in [0.2, 0.25) is 0 Å². The van der Waals surface area contributed by atoms with Crippen LogP contribution in [-0.2, 0) is 0 Å². The van der Waals surface area contributed by atoms with Crippen LogP contribution >= 0.6 is 34.9 Å². The molecule has 1 aromatic heterocycles. The molecule has 6 heteroatoms. The fraction of sp³-hybridized carbons (Fsp3) is 0.333. The number of nitrogens with zero attached hydrogens (tertiary/aromatic N) is 2. The Morgan fingerprint density at radius 2 is 2.00 bits per heavy atom. The largest absolute Gasteiger partial charge is 0.323 e. The molecule has 96 valence electrons. The Balaban J connectivity index is 1.96. The average Bonchev–Trinajstić information content (AvgIpc) is 2.84. The fourth-order valence-corrected chi connectivity index (χ4v) is 4.03. The predicted molar refractivity (Wildman–Crippen MR) is 80.5 cm³/mol. The lowest BCUT2D eigenvalue weighted by Crippen LogP contribution is -2.14. The zero-order valence-corrected chi connectivity index (χ0v) is 12.7. The summed E-state index contributed by atoms with van der Waals surface area (Å²) in [5.41, 5.74) is 8.66. The molecule has 2 N–H and O–H groups in total. The second-order valence-electron chi connectivity index (χ2n) is 3.81. The van der Waals surface area contributed by atoms with E-state index in [0.29, 0.717) is 0 Å². The van der Waals surface area contributed by atoms with Gasteiger partial charge in [-0.05, 0) is 24.3 Å². The number of nitrogens with two attached hydrogens (primary N) is 1. The van der Waals surface area contributed by atoms with Crippen molar-refractivity contribution in [3.05, 3.63) is 35.4 Å². The van der Waals surface area contributed by atoms with Crippen molar-refractivity contribution in [2.75, 3.05) is 12.0 Å². The molecule has 0 radical (unpaired) electrons. The van der Waals surface area contributed by atoms with Crippen LogP contribution in [0.25, 0.3) is 0 Å². The van der Waals surface area contributed by atoms with Gasteiger partial charge in [-0.25, -0.2) is 0 Å². The van der Waals surface area contributed by atoms with Crippen molar-refractivity contribution in [1.29, 1.82) is 0 Å². The Labute approximate surface area is 120 Å². The second kappa shape index (κ2) is 6.56. The molecule has 0 fully saturated rings.